The molecule has 1 aliphatic rings. The fourth-order valence-corrected chi connectivity index (χ4v) is 3.62. The van der Waals surface area contributed by atoms with Crippen LogP contribution in [-0.4, -0.2) is 34.8 Å². The van der Waals surface area contributed by atoms with E-state index in [1.54, 1.807) is 0 Å². The number of hydrogen-bond donors (Lipinski definition) is 0. The van der Waals surface area contributed by atoms with E-state index in [-0.39, 0.29) is 29.8 Å². The van der Waals surface area contributed by atoms with E-state index in [0.717, 1.165) is 19.3 Å². The molecule has 0 aromatic heterocycles. The monoisotopic (exact) mass is 333 g/mol. The minimum atomic E-state index is -0.270. The van der Waals surface area contributed by atoms with Gasteiger partial charge < -0.3 is 4.74 Å². The zero-order chi connectivity index (χ0) is 17.8. The lowest BCUT2D eigenvalue weighted by Crippen LogP contribution is -2.59. The summed E-state index contributed by atoms with van der Waals surface area (Å²) in [6, 6.07) is 10.2. The molecule has 1 aromatic rings. The van der Waals surface area contributed by atoms with Gasteiger partial charge in [0.2, 0.25) is 0 Å². The van der Waals surface area contributed by atoms with Crippen LogP contribution in [0.25, 0.3) is 0 Å². The molecule has 0 radical (unpaired) electrons. The molecular weight excluding hydrogens is 302 g/mol. The van der Waals surface area contributed by atoms with E-state index in [0.29, 0.717) is 0 Å². The number of rotatable bonds is 6. The van der Waals surface area contributed by atoms with Crippen LogP contribution in [0.5, 0.6) is 0 Å². The summed E-state index contributed by atoms with van der Waals surface area (Å²) in [4.78, 5) is 17.7. The minimum Gasteiger partial charge on any atom is -0.463 e. The molecule has 1 fully saturated rings. The number of ether oxygens (including phenoxy) is 1. The summed E-state index contributed by atoms with van der Waals surface area (Å²) in [6.07, 6.45) is 3.93. The van der Waals surface area contributed by atoms with Gasteiger partial charge in [-0.1, -0.05) is 30.3 Å². The first-order valence-corrected chi connectivity index (χ1v) is 8.85. The largest absolute Gasteiger partial charge is 0.463 e. The Morgan fingerprint density at radius 2 is 1.71 bits per heavy atom. The Morgan fingerprint density at radius 3 is 2.25 bits per heavy atom. The summed E-state index contributed by atoms with van der Waals surface area (Å²) in [7, 11) is 0. The molecule has 0 N–H and O–H groups in total. The molecule has 24 heavy (non-hydrogen) atoms. The Bertz CT molecular complexity index is 523. The van der Waals surface area contributed by atoms with Crippen molar-refractivity contribution < 1.29 is 14.4 Å². The van der Waals surface area contributed by atoms with Crippen molar-refractivity contribution in [2.45, 2.75) is 77.5 Å². The molecule has 1 heterocycles. The molecule has 4 nitrogen and oxygen atoms in total. The van der Waals surface area contributed by atoms with Gasteiger partial charge in [-0.3, -0.25) is 9.63 Å². The average molecular weight is 333 g/mol. The molecule has 1 atom stereocenters. The van der Waals surface area contributed by atoms with Crippen molar-refractivity contribution >= 4 is 5.97 Å². The smallest absolute Gasteiger partial charge is 0.302 e. The Morgan fingerprint density at radius 1 is 1.12 bits per heavy atom. The van der Waals surface area contributed by atoms with Crippen LogP contribution in [0.3, 0.4) is 0 Å². The van der Waals surface area contributed by atoms with E-state index < -0.39 is 0 Å². The first kappa shape index (κ1) is 18.9. The topological polar surface area (TPSA) is 38.8 Å². The van der Waals surface area contributed by atoms with E-state index in [4.69, 9.17) is 9.57 Å². The normalized spacial score (nSPS) is 21.2. The Labute approximate surface area is 146 Å². The number of benzene rings is 1. The molecule has 1 aromatic carbocycles. The highest BCUT2D eigenvalue weighted by Crippen LogP contribution is 2.39. The van der Waals surface area contributed by atoms with Crippen molar-refractivity contribution in [3.63, 3.8) is 0 Å². The van der Waals surface area contributed by atoms with Crippen LogP contribution in [0.4, 0.5) is 0 Å². The fourth-order valence-electron chi connectivity index (χ4n) is 3.62. The molecule has 134 valence electrons. The third-order valence-corrected chi connectivity index (χ3v) is 4.71. The molecule has 0 spiro atoms. The van der Waals surface area contributed by atoms with Gasteiger partial charge in [-0.2, -0.15) is 5.06 Å². The molecule has 0 aliphatic carbocycles. The first-order chi connectivity index (χ1) is 11.2. The van der Waals surface area contributed by atoms with Crippen molar-refractivity contribution in [3.8, 4) is 0 Å². The standard InChI is InChI=1S/C20H31NO3/c1-16(22)23-15-18(14-17-10-7-6-8-11-17)24-21-19(2,3)12-9-13-20(21,4)5/h6-8,10-11,18H,9,12-15H2,1-5H3. The Balaban J connectivity index is 2.14. The van der Waals surface area contributed by atoms with Crippen molar-refractivity contribution in [1.29, 1.82) is 0 Å². The summed E-state index contributed by atoms with van der Waals surface area (Å²) >= 11 is 0. The fraction of sp³-hybridized carbons (Fsp3) is 0.650. The van der Waals surface area contributed by atoms with E-state index in [9.17, 15) is 4.79 Å². The molecule has 0 bridgehead atoms. The molecule has 4 heteroatoms. The second-order valence-electron chi connectivity index (χ2n) is 7.99. The van der Waals surface area contributed by atoms with Crippen LogP contribution in [0.15, 0.2) is 30.3 Å². The molecular formula is C20H31NO3. The van der Waals surface area contributed by atoms with Gasteiger partial charge in [0.15, 0.2) is 0 Å². The second-order valence-corrected chi connectivity index (χ2v) is 7.99. The van der Waals surface area contributed by atoms with Crippen molar-refractivity contribution in [2.75, 3.05) is 6.61 Å². The summed E-state index contributed by atoms with van der Waals surface area (Å²) in [5.41, 5.74) is 1.11. The number of carbonyl (C=O) groups excluding carboxylic acids is 1. The maximum absolute atomic E-state index is 11.3. The van der Waals surface area contributed by atoms with Gasteiger partial charge >= 0.3 is 5.97 Å². The third-order valence-electron chi connectivity index (χ3n) is 4.71. The number of hydrogen-bond acceptors (Lipinski definition) is 4. The minimum absolute atomic E-state index is 0.0348. The van der Waals surface area contributed by atoms with Crippen molar-refractivity contribution in [1.82, 2.24) is 5.06 Å². The van der Waals surface area contributed by atoms with Crippen LogP contribution in [0, 0.1) is 0 Å². The summed E-state index contributed by atoms with van der Waals surface area (Å²) in [5, 5.41) is 2.14. The predicted molar refractivity (Wildman–Crippen MR) is 95.5 cm³/mol. The number of carbonyl (C=O) groups is 1. The van der Waals surface area contributed by atoms with Crippen LogP contribution in [0.2, 0.25) is 0 Å². The highest BCUT2D eigenvalue weighted by molar-refractivity contribution is 5.65. The number of nitrogens with zero attached hydrogens (tertiary/aromatic N) is 1. The lowest BCUT2D eigenvalue weighted by molar-refractivity contribution is -0.308. The zero-order valence-electron chi connectivity index (χ0n) is 15.7. The van der Waals surface area contributed by atoms with Gasteiger partial charge in [-0.05, 0) is 52.5 Å². The highest BCUT2D eigenvalue weighted by Gasteiger charge is 2.43. The number of hydroxylamine groups is 2. The lowest BCUT2D eigenvalue weighted by atomic mass is 9.82. The van der Waals surface area contributed by atoms with Gasteiger partial charge in [0.25, 0.3) is 0 Å². The number of esters is 1. The van der Waals surface area contributed by atoms with Crippen LogP contribution in [0.1, 0.15) is 59.4 Å². The first-order valence-electron chi connectivity index (χ1n) is 8.85. The van der Waals surface area contributed by atoms with E-state index in [1.165, 1.54) is 18.9 Å². The number of piperidine rings is 1. The average Bonchev–Trinajstić information content (AvgIpc) is 2.48. The molecule has 1 unspecified atom stereocenters. The van der Waals surface area contributed by atoms with Crippen LogP contribution < -0.4 is 0 Å². The quantitative estimate of drug-likeness (QED) is 0.734. The molecule has 0 amide bonds. The lowest BCUT2D eigenvalue weighted by Gasteiger charge is -2.52. The van der Waals surface area contributed by atoms with Crippen molar-refractivity contribution in [2.24, 2.45) is 0 Å². The highest BCUT2D eigenvalue weighted by atomic mass is 16.7. The zero-order valence-corrected chi connectivity index (χ0v) is 15.7. The molecule has 1 saturated heterocycles. The predicted octanol–water partition coefficient (Wildman–Crippen LogP) is 4.14. The van der Waals surface area contributed by atoms with Crippen LogP contribution in [-0.2, 0) is 20.8 Å². The summed E-state index contributed by atoms with van der Waals surface area (Å²) in [5.74, 6) is -0.270. The Hall–Kier alpha value is -1.39. The maximum atomic E-state index is 11.3. The van der Waals surface area contributed by atoms with Gasteiger partial charge in [0.1, 0.15) is 12.7 Å². The second kappa shape index (κ2) is 7.66. The van der Waals surface area contributed by atoms with E-state index in [1.807, 2.05) is 18.2 Å². The van der Waals surface area contributed by atoms with Crippen molar-refractivity contribution in [3.05, 3.63) is 35.9 Å². The third kappa shape index (κ3) is 5.05. The van der Waals surface area contributed by atoms with Gasteiger partial charge in [0, 0.05) is 24.4 Å². The van der Waals surface area contributed by atoms with E-state index in [2.05, 4.69) is 44.9 Å². The van der Waals surface area contributed by atoms with Gasteiger partial charge in [-0.15, -0.1) is 0 Å². The van der Waals surface area contributed by atoms with Crippen LogP contribution >= 0.6 is 0 Å². The van der Waals surface area contributed by atoms with E-state index >= 15 is 0 Å². The van der Waals surface area contributed by atoms with Gasteiger partial charge in [-0.25, -0.2) is 0 Å². The molecule has 2 rings (SSSR count). The Kier molecular flexibility index (Phi) is 6.05. The maximum Gasteiger partial charge on any atom is 0.302 e. The SMILES string of the molecule is CC(=O)OCC(Cc1ccccc1)ON1C(C)(C)CCCC1(C)C. The van der Waals surface area contributed by atoms with Gasteiger partial charge in [0.05, 0.1) is 0 Å². The molecule has 1 aliphatic heterocycles. The molecule has 0 saturated carbocycles. The summed E-state index contributed by atoms with van der Waals surface area (Å²) < 4.78 is 5.26. The summed E-state index contributed by atoms with van der Waals surface area (Å²) in [6.45, 7) is 10.6.